The van der Waals surface area contributed by atoms with Gasteiger partial charge < -0.3 is 9.74 Å². The number of nitrogens with zero attached hydrogens (tertiary/aromatic N) is 1. The lowest BCUT2D eigenvalue weighted by Gasteiger charge is -2.41. The summed E-state index contributed by atoms with van der Waals surface area (Å²) >= 11 is 0. The Morgan fingerprint density at radius 3 is 2.04 bits per heavy atom. The molecule has 24 heavy (non-hydrogen) atoms. The van der Waals surface area contributed by atoms with Gasteiger partial charge in [0.1, 0.15) is 0 Å². The fraction of sp³-hybridized carbons (Fsp3) is 0.700. The number of hydrogen-bond acceptors (Lipinski definition) is 3. The number of benzene rings is 1. The summed E-state index contributed by atoms with van der Waals surface area (Å²) in [6, 6.07) is 9.05. The molecule has 0 atom stereocenters. The van der Waals surface area contributed by atoms with Crippen molar-refractivity contribution >= 4 is 8.32 Å². The van der Waals surface area contributed by atoms with Crippen molar-refractivity contribution in [3.8, 4) is 0 Å². The first kappa shape index (κ1) is 19.6. The zero-order valence-electron chi connectivity index (χ0n) is 16.7. The van der Waals surface area contributed by atoms with Gasteiger partial charge in [0.15, 0.2) is 8.32 Å². The number of hydrogen-bond donors (Lipinski definition) is 1. The van der Waals surface area contributed by atoms with Crippen molar-refractivity contribution in [1.29, 1.82) is 0 Å². The second-order valence-corrected chi connectivity index (χ2v) is 13.9. The summed E-state index contributed by atoms with van der Waals surface area (Å²) in [7, 11) is -1.68. The standard InChI is InChI=1S/C20H36N2OSi/c1-19(2,3)24(6,7)23-16-17-8-10-18(11-9-17)20(4,5)22-14-12-21-13-15-22/h8-11,21H,12-16H2,1-7H3. The molecule has 0 aromatic heterocycles. The largest absolute Gasteiger partial charge is 0.413 e. The SMILES string of the molecule is CC(C)(c1ccc(CO[Si](C)(C)C(C)(C)C)cc1)N1CCNCC1. The summed E-state index contributed by atoms with van der Waals surface area (Å²) < 4.78 is 6.34. The van der Waals surface area contributed by atoms with Gasteiger partial charge in [-0.15, -0.1) is 0 Å². The molecule has 1 aromatic rings. The van der Waals surface area contributed by atoms with E-state index in [-0.39, 0.29) is 10.6 Å². The maximum atomic E-state index is 6.34. The Labute approximate surface area is 149 Å². The van der Waals surface area contributed by atoms with Crippen molar-refractivity contribution in [2.45, 2.75) is 64.9 Å². The molecule has 0 amide bonds. The highest BCUT2D eigenvalue weighted by molar-refractivity contribution is 6.74. The molecule has 0 saturated carbocycles. The Balaban J connectivity index is 2.02. The Morgan fingerprint density at radius 2 is 1.54 bits per heavy atom. The molecule has 1 saturated heterocycles. The van der Waals surface area contributed by atoms with E-state index >= 15 is 0 Å². The zero-order chi connectivity index (χ0) is 18.0. The van der Waals surface area contributed by atoms with Gasteiger partial charge in [-0.2, -0.15) is 0 Å². The van der Waals surface area contributed by atoms with Crippen LogP contribution in [0.1, 0.15) is 45.7 Å². The molecule has 0 bridgehead atoms. The molecule has 1 heterocycles. The molecular weight excluding hydrogens is 312 g/mol. The van der Waals surface area contributed by atoms with E-state index in [1.807, 2.05) is 0 Å². The maximum Gasteiger partial charge on any atom is 0.192 e. The van der Waals surface area contributed by atoms with Gasteiger partial charge in [-0.3, -0.25) is 4.90 Å². The Bertz CT molecular complexity index is 526. The highest BCUT2D eigenvalue weighted by Gasteiger charge is 2.37. The minimum absolute atomic E-state index is 0.0842. The first-order valence-corrected chi connectivity index (χ1v) is 12.1. The average Bonchev–Trinajstić information content (AvgIpc) is 2.53. The van der Waals surface area contributed by atoms with Crippen LogP contribution in [0.25, 0.3) is 0 Å². The average molecular weight is 349 g/mol. The lowest BCUT2D eigenvalue weighted by Crippen LogP contribution is -2.51. The number of rotatable bonds is 5. The van der Waals surface area contributed by atoms with E-state index in [4.69, 9.17) is 4.43 Å². The summed E-state index contributed by atoms with van der Waals surface area (Å²) in [6.07, 6.45) is 0. The second kappa shape index (κ2) is 7.28. The summed E-state index contributed by atoms with van der Waals surface area (Å²) in [6.45, 7) is 21.3. The maximum absolute atomic E-state index is 6.34. The molecule has 1 N–H and O–H groups in total. The van der Waals surface area contributed by atoms with Crippen LogP contribution in [0.15, 0.2) is 24.3 Å². The van der Waals surface area contributed by atoms with E-state index in [0.717, 1.165) is 32.8 Å². The molecule has 3 nitrogen and oxygen atoms in total. The lowest BCUT2D eigenvalue weighted by atomic mass is 9.91. The molecular formula is C20H36N2OSi. The van der Waals surface area contributed by atoms with Crippen LogP contribution in [0.2, 0.25) is 18.1 Å². The van der Waals surface area contributed by atoms with Gasteiger partial charge >= 0.3 is 0 Å². The molecule has 1 aliphatic heterocycles. The molecule has 0 aliphatic carbocycles. The first-order chi connectivity index (χ1) is 11.0. The monoisotopic (exact) mass is 348 g/mol. The third kappa shape index (κ3) is 4.48. The van der Waals surface area contributed by atoms with Crippen molar-refractivity contribution in [2.75, 3.05) is 26.2 Å². The van der Waals surface area contributed by atoms with Gasteiger partial charge in [-0.25, -0.2) is 0 Å². The topological polar surface area (TPSA) is 24.5 Å². The molecule has 0 radical (unpaired) electrons. The van der Waals surface area contributed by atoms with Gasteiger partial charge in [-0.1, -0.05) is 45.0 Å². The predicted octanol–water partition coefficient (Wildman–Crippen LogP) is 4.35. The molecule has 0 spiro atoms. The van der Waals surface area contributed by atoms with E-state index in [9.17, 15) is 0 Å². The van der Waals surface area contributed by atoms with Gasteiger partial charge in [-0.05, 0) is 43.1 Å². The Morgan fingerprint density at radius 1 is 1.00 bits per heavy atom. The van der Waals surface area contributed by atoms with Crippen LogP contribution in [0, 0.1) is 0 Å². The van der Waals surface area contributed by atoms with Crippen molar-refractivity contribution < 1.29 is 4.43 Å². The molecule has 136 valence electrons. The zero-order valence-corrected chi connectivity index (χ0v) is 17.7. The van der Waals surface area contributed by atoms with E-state index in [0.29, 0.717) is 0 Å². The minimum atomic E-state index is -1.68. The number of piperazine rings is 1. The first-order valence-electron chi connectivity index (χ1n) is 9.23. The molecule has 4 heteroatoms. The quantitative estimate of drug-likeness (QED) is 0.801. The fourth-order valence-corrected chi connectivity index (χ4v) is 3.86. The van der Waals surface area contributed by atoms with Crippen LogP contribution >= 0.6 is 0 Å². The van der Waals surface area contributed by atoms with Crippen molar-refractivity contribution in [3.05, 3.63) is 35.4 Å². The van der Waals surface area contributed by atoms with Crippen molar-refractivity contribution in [1.82, 2.24) is 10.2 Å². The summed E-state index contributed by atoms with van der Waals surface area (Å²) in [5, 5.41) is 3.70. The summed E-state index contributed by atoms with van der Waals surface area (Å²) in [4.78, 5) is 2.57. The van der Waals surface area contributed by atoms with Crippen LogP contribution in [0.3, 0.4) is 0 Å². The van der Waals surface area contributed by atoms with Gasteiger partial charge in [0.05, 0.1) is 6.61 Å². The fourth-order valence-electron chi connectivity index (χ4n) is 2.90. The molecule has 2 rings (SSSR count). The third-order valence-corrected chi connectivity index (χ3v) is 10.5. The molecule has 1 fully saturated rings. The summed E-state index contributed by atoms with van der Waals surface area (Å²) in [5.74, 6) is 0. The second-order valence-electron chi connectivity index (χ2n) is 9.04. The predicted molar refractivity (Wildman–Crippen MR) is 106 cm³/mol. The normalized spacial score (nSPS) is 18.0. The van der Waals surface area contributed by atoms with E-state index < -0.39 is 8.32 Å². The highest BCUT2D eigenvalue weighted by Crippen LogP contribution is 2.37. The third-order valence-electron chi connectivity index (χ3n) is 5.97. The van der Waals surface area contributed by atoms with E-state index in [1.54, 1.807) is 0 Å². The minimum Gasteiger partial charge on any atom is -0.413 e. The van der Waals surface area contributed by atoms with Crippen LogP contribution < -0.4 is 5.32 Å². The van der Waals surface area contributed by atoms with Crippen molar-refractivity contribution in [3.63, 3.8) is 0 Å². The van der Waals surface area contributed by atoms with Crippen LogP contribution in [0.4, 0.5) is 0 Å². The van der Waals surface area contributed by atoms with E-state index in [2.05, 4.69) is 82.2 Å². The molecule has 1 aliphatic rings. The summed E-state index contributed by atoms with van der Waals surface area (Å²) in [5.41, 5.74) is 2.75. The van der Waals surface area contributed by atoms with E-state index in [1.165, 1.54) is 11.1 Å². The Kier molecular flexibility index (Phi) is 5.96. The molecule has 0 unspecified atom stereocenters. The van der Waals surface area contributed by atoms with Gasteiger partial charge in [0.2, 0.25) is 0 Å². The van der Waals surface area contributed by atoms with Crippen molar-refractivity contribution in [2.24, 2.45) is 0 Å². The van der Waals surface area contributed by atoms with Gasteiger partial charge in [0, 0.05) is 31.7 Å². The Hall–Kier alpha value is -0.683. The molecule has 1 aromatic carbocycles. The van der Waals surface area contributed by atoms with Crippen LogP contribution in [-0.2, 0) is 16.6 Å². The van der Waals surface area contributed by atoms with Crippen LogP contribution in [0.5, 0.6) is 0 Å². The lowest BCUT2D eigenvalue weighted by molar-refractivity contribution is 0.102. The number of nitrogens with one attached hydrogen (secondary N) is 1. The van der Waals surface area contributed by atoms with Crippen LogP contribution in [-0.4, -0.2) is 39.4 Å². The smallest absolute Gasteiger partial charge is 0.192 e. The van der Waals surface area contributed by atoms with Gasteiger partial charge in [0.25, 0.3) is 0 Å². The highest BCUT2D eigenvalue weighted by atomic mass is 28.4.